The van der Waals surface area contributed by atoms with Crippen molar-refractivity contribution in [2.24, 2.45) is 5.73 Å². The quantitative estimate of drug-likeness (QED) is 0.908. The fraction of sp³-hybridized carbons (Fsp3) is 0.375. The highest BCUT2D eigenvalue weighted by atomic mass is 16.5. The average Bonchev–Trinajstić information content (AvgIpc) is 2.37. The summed E-state index contributed by atoms with van der Waals surface area (Å²) in [4.78, 5) is 8.94. The third-order valence-corrected chi connectivity index (χ3v) is 2.91. The third-order valence-electron chi connectivity index (χ3n) is 2.91. The van der Waals surface area contributed by atoms with E-state index in [1.54, 1.807) is 0 Å². The molecular weight excluding hydrogens is 250 g/mol. The Labute approximate surface area is 120 Å². The second-order valence-electron chi connectivity index (χ2n) is 5.14. The maximum Gasteiger partial charge on any atom is 0.141 e. The smallest absolute Gasteiger partial charge is 0.141 e. The zero-order chi connectivity index (χ0) is 14.5. The molecular formula is C16H21N3O. The van der Waals surface area contributed by atoms with Crippen LogP contribution in [0.5, 0.6) is 5.75 Å². The molecule has 0 radical (unpaired) electrons. The minimum Gasteiger partial charge on any atom is -0.485 e. The summed E-state index contributed by atoms with van der Waals surface area (Å²) in [6, 6.07) is 9.87. The van der Waals surface area contributed by atoms with Crippen molar-refractivity contribution in [1.82, 2.24) is 9.97 Å². The summed E-state index contributed by atoms with van der Waals surface area (Å²) in [5, 5.41) is 0. The fourth-order valence-electron chi connectivity index (χ4n) is 2.01. The molecule has 0 bridgehead atoms. The topological polar surface area (TPSA) is 61.0 Å². The van der Waals surface area contributed by atoms with E-state index in [2.05, 4.69) is 9.97 Å². The molecule has 0 fully saturated rings. The van der Waals surface area contributed by atoms with E-state index in [0.29, 0.717) is 13.0 Å². The van der Waals surface area contributed by atoms with Crippen LogP contribution in [0, 0.1) is 13.8 Å². The number of hydrogen-bond donors (Lipinski definition) is 1. The van der Waals surface area contributed by atoms with Crippen molar-refractivity contribution in [3.63, 3.8) is 0 Å². The van der Waals surface area contributed by atoms with Gasteiger partial charge in [-0.25, -0.2) is 0 Å². The molecule has 1 unspecified atom stereocenters. The zero-order valence-corrected chi connectivity index (χ0v) is 12.3. The van der Waals surface area contributed by atoms with Gasteiger partial charge in [-0.2, -0.15) is 0 Å². The number of pyridine rings is 2. The number of rotatable bonds is 5. The Balaban J connectivity index is 2.12. The first-order chi connectivity index (χ1) is 9.54. The summed E-state index contributed by atoms with van der Waals surface area (Å²) < 4.78 is 5.85. The molecule has 4 nitrogen and oxygen atoms in total. The lowest BCUT2D eigenvalue weighted by molar-refractivity contribution is 0.295. The van der Waals surface area contributed by atoms with Crippen LogP contribution in [-0.4, -0.2) is 16.0 Å². The SMILES string of the molecule is Cc1cccc(COc2ccc(C)nc2CC(C)N)n1. The molecule has 0 amide bonds. The van der Waals surface area contributed by atoms with E-state index in [0.717, 1.165) is 28.5 Å². The summed E-state index contributed by atoms with van der Waals surface area (Å²) in [6.45, 7) is 6.35. The first kappa shape index (κ1) is 14.5. The van der Waals surface area contributed by atoms with Gasteiger partial charge in [-0.15, -0.1) is 0 Å². The normalized spacial score (nSPS) is 12.2. The monoisotopic (exact) mass is 271 g/mol. The molecule has 2 heterocycles. The van der Waals surface area contributed by atoms with E-state index >= 15 is 0 Å². The van der Waals surface area contributed by atoms with Gasteiger partial charge in [-0.3, -0.25) is 9.97 Å². The summed E-state index contributed by atoms with van der Waals surface area (Å²) in [6.07, 6.45) is 0.707. The maximum absolute atomic E-state index is 5.86. The van der Waals surface area contributed by atoms with Crippen molar-refractivity contribution < 1.29 is 4.74 Å². The van der Waals surface area contributed by atoms with E-state index < -0.39 is 0 Å². The van der Waals surface area contributed by atoms with E-state index in [4.69, 9.17) is 10.5 Å². The van der Waals surface area contributed by atoms with Crippen LogP contribution in [0.1, 0.15) is 29.7 Å². The number of aryl methyl sites for hydroxylation is 2. The minimum absolute atomic E-state index is 0.0590. The van der Waals surface area contributed by atoms with Crippen molar-refractivity contribution in [3.05, 3.63) is 53.1 Å². The molecule has 0 aliphatic rings. The molecule has 0 aliphatic carbocycles. The second kappa shape index (κ2) is 6.48. The summed E-state index contributed by atoms with van der Waals surface area (Å²) in [5.41, 5.74) is 9.65. The largest absolute Gasteiger partial charge is 0.485 e. The van der Waals surface area contributed by atoms with Gasteiger partial charge < -0.3 is 10.5 Å². The van der Waals surface area contributed by atoms with Gasteiger partial charge >= 0.3 is 0 Å². The highest BCUT2D eigenvalue weighted by Crippen LogP contribution is 2.19. The minimum atomic E-state index is 0.0590. The Morgan fingerprint density at radius 1 is 1.10 bits per heavy atom. The average molecular weight is 271 g/mol. The van der Waals surface area contributed by atoms with Crippen LogP contribution in [-0.2, 0) is 13.0 Å². The number of ether oxygens (including phenoxy) is 1. The van der Waals surface area contributed by atoms with Crippen LogP contribution in [0.4, 0.5) is 0 Å². The molecule has 0 saturated heterocycles. The molecule has 2 N–H and O–H groups in total. The van der Waals surface area contributed by atoms with Crippen LogP contribution in [0.15, 0.2) is 30.3 Å². The van der Waals surface area contributed by atoms with Crippen molar-refractivity contribution >= 4 is 0 Å². The van der Waals surface area contributed by atoms with Gasteiger partial charge in [0.1, 0.15) is 12.4 Å². The molecule has 2 aromatic heterocycles. The third kappa shape index (κ3) is 4.03. The van der Waals surface area contributed by atoms with Crippen LogP contribution in [0.2, 0.25) is 0 Å². The van der Waals surface area contributed by atoms with E-state index in [9.17, 15) is 0 Å². The number of nitrogens with zero attached hydrogens (tertiary/aromatic N) is 2. The number of aromatic nitrogens is 2. The Kier molecular flexibility index (Phi) is 4.69. The van der Waals surface area contributed by atoms with Crippen molar-refractivity contribution in [2.45, 2.75) is 39.8 Å². The van der Waals surface area contributed by atoms with Gasteiger partial charge in [0, 0.05) is 23.9 Å². The fourth-order valence-corrected chi connectivity index (χ4v) is 2.01. The zero-order valence-electron chi connectivity index (χ0n) is 12.3. The molecule has 106 valence electrons. The molecule has 0 spiro atoms. The lowest BCUT2D eigenvalue weighted by Crippen LogP contribution is -2.19. The predicted molar refractivity (Wildman–Crippen MR) is 79.6 cm³/mol. The Morgan fingerprint density at radius 3 is 2.55 bits per heavy atom. The van der Waals surface area contributed by atoms with Crippen LogP contribution in [0.3, 0.4) is 0 Å². The first-order valence-electron chi connectivity index (χ1n) is 6.82. The molecule has 20 heavy (non-hydrogen) atoms. The summed E-state index contributed by atoms with van der Waals surface area (Å²) >= 11 is 0. The van der Waals surface area contributed by atoms with Crippen molar-refractivity contribution in [3.8, 4) is 5.75 Å². The van der Waals surface area contributed by atoms with E-state index in [-0.39, 0.29) is 6.04 Å². The lowest BCUT2D eigenvalue weighted by Gasteiger charge is -2.13. The van der Waals surface area contributed by atoms with Crippen LogP contribution >= 0.6 is 0 Å². The molecule has 0 aromatic carbocycles. The molecule has 1 atom stereocenters. The molecule has 4 heteroatoms. The van der Waals surface area contributed by atoms with Gasteiger partial charge in [0.25, 0.3) is 0 Å². The lowest BCUT2D eigenvalue weighted by atomic mass is 10.1. The van der Waals surface area contributed by atoms with Gasteiger partial charge in [-0.1, -0.05) is 6.07 Å². The number of hydrogen-bond acceptors (Lipinski definition) is 4. The van der Waals surface area contributed by atoms with Gasteiger partial charge in [0.05, 0.1) is 11.4 Å². The van der Waals surface area contributed by atoms with Crippen molar-refractivity contribution in [2.75, 3.05) is 0 Å². The second-order valence-corrected chi connectivity index (χ2v) is 5.14. The summed E-state index contributed by atoms with van der Waals surface area (Å²) in [5.74, 6) is 0.788. The molecule has 2 rings (SSSR count). The summed E-state index contributed by atoms with van der Waals surface area (Å²) in [7, 11) is 0. The molecule has 0 saturated carbocycles. The molecule has 2 aromatic rings. The maximum atomic E-state index is 5.86. The standard InChI is InChI=1S/C16H21N3O/c1-11(17)9-15-16(8-7-13(3)19-15)20-10-14-6-4-5-12(2)18-14/h4-8,11H,9-10,17H2,1-3H3. The Morgan fingerprint density at radius 2 is 1.85 bits per heavy atom. The predicted octanol–water partition coefficient (Wildman–Crippen LogP) is 2.56. The van der Waals surface area contributed by atoms with Crippen LogP contribution < -0.4 is 10.5 Å². The first-order valence-corrected chi connectivity index (χ1v) is 6.82. The number of nitrogens with two attached hydrogens (primary N) is 1. The van der Waals surface area contributed by atoms with E-state index in [1.807, 2.05) is 51.1 Å². The van der Waals surface area contributed by atoms with Gasteiger partial charge in [-0.05, 0) is 45.0 Å². The Hall–Kier alpha value is -1.94. The van der Waals surface area contributed by atoms with Gasteiger partial charge in [0.15, 0.2) is 0 Å². The highest BCUT2D eigenvalue weighted by molar-refractivity contribution is 5.30. The van der Waals surface area contributed by atoms with Gasteiger partial charge in [0.2, 0.25) is 0 Å². The highest BCUT2D eigenvalue weighted by Gasteiger charge is 2.09. The van der Waals surface area contributed by atoms with Crippen molar-refractivity contribution in [1.29, 1.82) is 0 Å². The van der Waals surface area contributed by atoms with Crippen LogP contribution in [0.25, 0.3) is 0 Å². The molecule has 0 aliphatic heterocycles. The van der Waals surface area contributed by atoms with E-state index in [1.165, 1.54) is 0 Å². The Bertz CT molecular complexity index is 582.